The number of aryl methyl sites for hydroxylation is 1. The zero-order valence-electron chi connectivity index (χ0n) is 20.5. The molecule has 5 rings (SSSR count). The molecule has 0 saturated heterocycles. The third-order valence-electron chi connectivity index (χ3n) is 5.70. The monoisotopic (exact) mass is 555 g/mol. The molecule has 0 bridgehead atoms. The number of carbonyl (C=O) groups is 1. The van der Waals surface area contributed by atoms with E-state index >= 15 is 0 Å². The quantitative estimate of drug-likeness (QED) is 0.291. The Morgan fingerprint density at radius 3 is 2.68 bits per heavy atom. The predicted octanol–water partition coefficient (Wildman–Crippen LogP) is 2.54. The second-order valence-corrected chi connectivity index (χ2v) is 10.5. The Hall–Kier alpha value is -4.30. The van der Waals surface area contributed by atoms with E-state index in [2.05, 4.69) is 30.6 Å². The number of benzene rings is 1. The lowest BCUT2D eigenvalue weighted by atomic mass is 10.1. The Balaban J connectivity index is 1.58. The van der Waals surface area contributed by atoms with E-state index in [-0.39, 0.29) is 5.69 Å². The number of rotatable bonds is 8. The lowest BCUT2D eigenvalue weighted by Gasteiger charge is -2.13. The normalized spacial score (nSPS) is 11.7. The van der Waals surface area contributed by atoms with E-state index in [1.165, 1.54) is 17.1 Å². The van der Waals surface area contributed by atoms with Gasteiger partial charge in [-0.1, -0.05) is 17.7 Å². The van der Waals surface area contributed by atoms with Crippen LogP contribution in [0.4, 0.5) is 5.82 Å². The molecule has 2 N–H and O–H groups in total. The van der Waals surface area contributed by atoms with Crippen LogP contribution in [0.5, 0.6) is 5.75 Å². The van der Waals surface area contributed by atoms with Crippen LogP contribution < -0.4 is 14.8 Å². The third kappa shape index (κ3) is 4.82. The molecule has 0 fully saturated rings. The van der Waals surface area contributed by atoms with Gasteiger partial charge in [-0.3, -0.25) is 9.36 Å². The van der Waals surface area contributed by atoms with Crippen molar-refractivity contribution in [3.63, 3.8) is 0 Å². The van der Waals surface area contributed by atoms with Gasteiger partial charge in [0, 0.05) is 36.3 Å². The molecule has 1 aromatic carbocycles. The second kappa shape index (κ2) is 9.87. The molecule has 5 aromatic rings. The van der Waals surface area contributed by atoms with E-state index in [4.69, 9.17) is 16.3 Å². The molecule has 0 atom stereocenters. The average molecular weight is 556 g/mol. The van der Waals surface area contributed by atoms with Crippen molar-refractivity contribution in [3.05, 3.63) is 59.4 Å². The van der Waals surface area contributed by atoms with E-state index in [1.807, 2.05) is 17.7 Å². The summed E-state index contributed by atoms with van der Waals surface area (Å²) in [7, 11) is -2.19. The van der Waals surface area contributed by atoms with Crippen LogP contribution in [0.1, 0.15) is 23.0 Å². The highest BCUT2D eigenvalue weighted by molar-refractivity contribution is 7.89. The molecule has 38 heavy (non-hydrogen) atoms. The van der Waals surface area contributed by atoms with Crippen LogP contribution in [0, 0.1) is 0 Å². The van der Waals surface area contributed by atoms with E-state index in [0.29, 0.717) is 46.5 Å². The minimum atomic E-state index is -3.75. The number of pyridine rings is 1. The Morgan fingerprint density at radius 2 is 1.97 bits per heavy atom. The summed E-state index contributed by atoms with van der Waals surface area (Å²) < 4.78 is 33.3. The topological polar surface area (TPSA) is 159 Å². The van der Waals surface area contributed by atoms with Crippen molar-refractivity contribution in [2.75, 3.05) is 18.7 Å². The number of amides is 1. The fraction of sp³-hybridized carbons (Fsp3) is 0.217. The number of anilines is 1. The molecule has 4 heterocycles. The van der Waals surface area contributed by atoms with Gasteiger partial charge < -0.3 is 10.1 Å². The molecule has 0 spiro atoms. The number of halogens is 1. The minimum absolute atomic E-state index is 0.100. The Labute approximate surface area is 221 Å². The van der Waals surface area contributed by atoms with Crippen molar-refractivity contribution in [1.82, 2.24) is 39.2 Å². The number of ether oxygens (including phenoxy) is 1. The first kappa shape index (κ1) is 25.4. The maximum absolute atomic E-state index is 12.3. The molecule has 0 aliphatic rings. The summed E-state index contributed by atoms with van der Waals surface area (Å²) >= 11 is 6.28. The molecule has 0 saturated carbocycles. The SMILES string of the molecule is CCn1ncc2c3c(NCc4ccc(OC)c(Cl)c4)nnc(-n4cnc(C(=O)NS(C)(=O)=O)c4)c3cnc21. The average Bonchev–Trinajstić information content (AvgIpc) is 3.53. The van der Waals surface area contributed by atoms with Gasteiger partial charge in [0.1, 0.15) is 17.8 Å². The number of nitrogens with one attached hydrogen (secondary N) is 2. The zero-order valence-corrected chi connectivity index (χ0v) is 22.1. The first-order chi connectivity index (χ1) is 18.2. The number of hydrogen-bond donors (Lipinski definition) is 2. The maximum atomic E-state index is 12.3. The summed E-state index contributed by atoms with van der Waals surface area (Å²) in [6, 6.07) is 5.48. The molecule has 0 aliphatic heterocycles. The molecular formula is C23H22ClN9O4S. The molecule has 0 unspecified atom stereocenters. The van der Waals surface area contributed by atoms with Crippen molar-refractivity contribution >= 4 is 55.2 Å². The van der Waals surface area contributed by atoms with E-state index < -0.39 is 15.9 Å². The van der Waals surface area contributed by atoms with Gasteiger partial charge in [-0.25, -0.2) is 27.8 Å². The third-order valence-corrected chi connectivity index (χ3v) is 6.55. The van der Waals surface area contributed by atoms with Gasteiger partial charge in [-0.15, -0.1) is 10.2 Å². The zero-order chi connectivity index (χ0) is 27.0. The molecule has 196 valence electrons. The van der Waals surface area contributed by atoms with Crippen LogP contribution in [-0.2, 0) is 23.1 Å². The molecular weight excluding hydrogens is 534 g/mol. The molecule has 13 nitrogen and oxygen atoms in total. The predicted molar refractivity (Wildman–Crippen MR) is 141 cm³/mol. The standard InChI is InChI=1S/C23H22ClN9O4S/c1-4-33-21-15(10-28-33)19-14(9-26-21)22(32-11-17(27-12-32)23(34)31-38(3,35)36)30-29-20(19)25-8-13-5-6-18(37-2)16(24)7-13/h5-7,9-12H,4,8H2,1-3H3,(H,25,29)(H,31,34). The van der Waals surface area contributed by atoms with E-state index in [1.54, 1.807) is 36.3 Å². The van der Waals surface area contributed by atoms with Crippen molar-refractivity contribution in [1.29, 1.82) is 0 Å². The number of hydrogen-bond acceptors (Lipinski definition) is 10. The second-order valence-electron chi connectivity index (χ2n) is 8.31. The van der Waals surface area contributed by atoms with Gasteiger partial charge in [0.25, 0.3) is 5.91 Å². The number of sulfonamides is 1. The number of fused-ring (bicyclic) bond motifs is 3. The van der Waals surface area contributed by atoms with Crippen LogP contribution in [0.25, 0.3) is 27.6 Å². The highest BCUT2D eigenvalue weighted by Crippen LogP contribution is 2.32. The molecule has 4 aromatic heterocycles. The molecule has 15 heteroatoms. The smallest absolute Gasteiger partial charge is 0.284 e. The maximum Gasteiger partial charge on any atom is 0.284 e. The highest BCUT2D eigenvalue weighted by Gasteiger charge is 2.20. The van der Waals surface area contributed by atoms with Crippen molar-refractivity contribution in [3.8, 4) is 11.6 Å². The first-order valence-corrected chi connectivity index (χ1v) is 13.6. The van der Waals surface area contributed by atoms with Gasteiger partial charge in [0.2, 0.25) is 10.0 Å². The molecule has 0 aliphatic carbocycles. The number of aromatic nitrogens is 7. The van der Waals surface area contributed by atoms with Gasteiger partial charge in [-0.05, 0) is 24.6 Å². The van der Waals surface area contributed by atoms with Crippen molar-refractivity contribution in [2.45, 2.75) is 20.0 Å². The fourth-order valence-corrected chi connectivity index (χ4v) is 4.70. The summed E-state index contributed by atoms with van der Waals surface area (Å²) in [5.74, 6) is 0.566. The van der Waals surface area contributed by atoms with Crippen LogP contribution >= 0.6 is 11.6 Å². The Morgan fingerprint density at radius 1 is 1.16 bits per heavy atom. The van der Waals surface area contributed by atoms with Gasteiger partial charge in [-0.2, -0.15) is 5.10 Å². The minimum Gasteiger partial charge on any atom is -0.495 e. The number of carbonyl (C=O) groups excluding carboxylic acids is 1. The summed E-state index contributed by atoms with van der Waals surface area (Å²) in [5, 5.41) is 19.1. The number of methoxy groups -OCH3 is 1. The highest BCUT2D eigenvalue weighted by atomic mass is 35.5. The molecule has 0 radical (unpaired) electrons. The summed E-state index contributed by atoms with van der Waals surface area (Å²) in [6.45, 7) is 3.00. The van der Waals surface area contributed by atoms with Gasteiger partial charge in [0.15, 0.2) is 17.3 Å². The van der Waals surface area contributed by atoms with Crippen LogP contribution in [-0.4, -0.2) is 62.2 Å². The van der Waals surface area contributed by atoms with Gasteiger partial charge in [0.05, 0.1) is 30.0 Å². The van der Waals surface area contributed by atoms with Crippen LogP contribution in [0.3, 0.4) is 0 Å². The number of nitrogens with zero attached hydrogens (tertiary/aromatic N) is 7. The lowest BCUT2D eigenvalue weighted by molar-refractivity contribution is 0.0977. The van der Waals surface area contributed by atoms with Gasteiger partial charge >= 0.3 is 0 Å². The summed E-state index contributed by atoms with van der Waals surface area (Å²) in [6.07, 6.45) is 6.98. The molecule has 1 amide bonds. The van der Waals surface area contributed by atoms with Crippen molar-refractivity contribution < 1.29 is 17.9 Å². The fourth-order valence-electron chi connectivity index (χ4n) is 3.98. The summed E-state index contributed by atoms with van der Waals surface area (Å²) in [4.78, 5) is 20.9. The number of imidazole rings is 1. The Kier molecular flexibility index (Phi) is 6.59. The lowest BCUT2D eigenvalue weighted by Crippen LogP contribution is -2.29. The summed E-state index contributed by atoms with van der Waals surface area (Å²) in [5.41, 5.74) is 1.48. The Bertz CT molecular complexity index is 1800. The van der Waals surface area contributed by atoms with Crippen LogP contribution in [0.15, 0.2) is 43.1 Å². The van der Waals surface area contributed by atoms with Crippen LogP contribution in [0.2, 0.25) is 5.02 Å². The first-order valence-electron chi connectivity index (χ1n) is 11.3. The van der Waals surface area contributed by atoms with Crippen molar-refractivity contribution in [2.24, 2.45) is 0 Å². The largest absolute Gasteiger partial charge is 0.495 e. The van der Waals surface area contributed by atoms with E-state index in [9.17, 15) is 13.2 Å². The van der Waals surface area contributed by atoms with E-state index in [0.717, 1.165) is 22.6 Å².